The Balaban J connectivity index is 2.01. The molecule has 1 saturated heterocycles. The van der Waals surface area contributed by atoms with Crippen molar-refractivity contribution in [2.24, 2.45) is 0 Å². The van der Waals surface area contributed by atoms with Crippen LogP contribution in [-0.4, -0.2) is 61.5 Å². The lowest BCUT2D eigenvalue weighted by atomic mass is 9.89. The number of nitrogens with zero attached hydrogens (tertiary/aromatic N) is 2. The predicted octanol–water partition coefficient (Wildman–Crippen LogP) is -0.0991. The second kappa shape index (κ2) is 4.49. The quantitative estimate of drug-likeness (QED) is 0.693. The van der Waals surface area contributed by atoms with E-state index >= 15 is 0 Å². The Hall–Kier alpha value is -0.610. The molecule has 0 bridgehead atoms. The molecule has 0 aromatic heterocycles. The van der Waals surface area contributed by atoms with Crippen molar-refractivity contribution in [3.63, 3.8) is 0 Å². The van der Waals surface area contributed by atoms with Gasteiger partial charge in [0.05, 0.1) is 0 Å². The van der Waals surface area contributed by atoms with Crippen LogP contribution in [0.25, 0.3) is 0 Å². The van der Waals surface area contributed by atoms with Gasteiger partial charge in [0.15, 0.2) is 0 Å². The maximum atomic E-state index is 12.0. The first kappa shape index (κ1) is 10.9. The molecular weight excluding hydrogens is 190 g/mol. The largest absolute Gasteiger partial charge is 0.347 e. The van der Waals surface area contributed by atoms with Gasteiger partial charge in [-0.15, -0.1) is 0 Å². The molecule has 1 aliphatic heterocycles. The molecule has 2 rings (SSSR count). The Morgan fingerprint density at radius 1 is 1.40 bits per heavy atom. The lowest BCUT2D eigenvalue weighted by Gasteiger charge is -2.45. The van der Waals surface area contributed by atoms with Gasteiger partial charge in [0, 0.05) is 39.8 Å². The highest BCUT2D eigenvalue weighted by Gasteiger charge is 2.36. The zero-order chi connectivity index (χ0) is 10.8. The maximum Gasteiger partial charge on any atom is 0.240 e. The van der Waals surface area contributed by atoms with Gasteiger partial charge >= 0.3 is 0 Å². The summed E-state index contributed by atoms with van der Waals surface area (Å²) in [7, 11) is 3.69. The number of carbonyl (C=O) groups excluding carboxylic acids is 1. The summed E-state index contributed by atoms with van der Waals surface area (Å²) >= 11 is 0. The minimum Gasteiger partial charge on any atom is -0.347 e. The van der Waals surface area contributed by atoms with Crippen molar-refractivity contribution in [2.45, 2.75) is 31.3 Å². The Kier molecular flexibility index (Phi) is 3.26. The van der Waals surface area contributed by atoms with E-state index in [2.05, 4.69) is 10.2 Å². The molecule has 1 amide bonds. The summed E-state index contributed by atoms with van der Waals surface area (Å²) in [5, 5.41) is 3.31. The summed E-state index contributed by atoms with van der Waals surface area (Å²) in [6.07, 6.45) is 3.88. The Bertz CT molecular complexity index is 238. The van der Waals surface area contributed by atoms with Gasteiger partial charge < -0.3 is 10.2 Å². The van der Waals surface area contributed by atoms with Crippen LogP contribution in [-0.2, 0) is 4.79 Å². The van der Waals surface area contributed by atoms with Gasteiger partial charge in [-0.1, -0.05) is 6.42 Å². The molecule has 1 unspecified atom stereocenters. The summed E-state index contributed by atoms with van der Waals surface area (Å²) in [6, 6.07) is 0.736. The SMILES string of the molecule is CN(C)C(=O)C1CNCCN1C1CCC1. The zero-order valence-corrected chi connectivity index (χ0v) is 9.70. The molecule has 2 fully saturated rings. The van der Waals surface area contributed by atoms with Crippen molar-refractivity contribution >= 4 is 5.91 Å². The molecule has 86 valence electrons. The first-order chi connectivity index (χ1) is 7.20. The lowest BCUT2D eigenvalue weighted by molar-refractivity contribution is -0.137. The Morgan fingerprint density at radius 3 is 2.67 bits per heavy atom. The molecule has 0 radical (unpaired) electrons. The van der Waals surface area contributed by atoms with Crippen molar-refractivity contribution < 1.29 is 4.79 Å². The number of rotatable bonds is 2. The van der Waals surface area contributed by atoms with E-state index in [0.717, 1.165) is 19.6 Å². The molecular formula is C11H21N3O. The van der Waals surface area contributed by atoms with E-state index in [1.54, 1.807) is 4.90 Å². The van der Waals surface area contributed by atoms with Gasteiger partial charge in [-0.25, -0.2) is 0 Å². The average molecular weight is 211 g/mol. The van der Waals surface area contributed by atoms with Gasteiger partial charge in [0.25, 0.3) is 0 Å². The fourth-order valence-electron chi connectivity index (χ4n) is 2.40. The molecule has 0 aromatic carbocycles. The molecule has 15 heavy (non-hydrogen) atoms. The highest BCUT2D eigenvalue weighted by Crippen LogP contribution is 2.27. The van der Waals surface area contributed by atoms with E-state index in [-0.39, 0.29) is 11.9 Å². The Labute approximate surface area is 91.6 Å². The normalized spacial score (nSPS) is 28.5. The summed E-state index contributed by atoms with van der Waals surface area (Å²) in [4.78, 5) is 16.1. The molecule has 0 aromatic rings. The predicted molar refractivity (Wildman–Crippen MR) is 59.7 cm³/mol. The second-order valence-corrected chi connectivity index (χ2v) is 4.78. The summed E-state index contributed by atoms with van der Waals surface area (Å²) in [5.74, 6) is 0.245. The van der Waals surface area contributed by atoms with Crippen molar-refractivity contribution in [3.8, 4) is 0 Å². The van der Waals surface area contributed by atoms with Crippen LogP contribution in [0.5, 0.6) is 0 Å². The highest BCUT2D eigenvalue weighted by molar-refractivity contribution is 5.81. The maximum absolute atomic E-state index is 12.0. The first-order valence-corrected chi connectivity index (χ1v) is 5.88. The molecule has 1 aliphatic carbocycles. The monoisotopic (exact) mass is 211 g/mol. The minimum absolute atomic E-state index is 0.0686. The van der Waals surface area contributed by atoms with Gasteiger partial charge in [-0.05, 0) is 12.8 Å². The molecule has 4 nitrogen and oxygen atoms in total. The van der Waals surface area contributed by atoms with Crippen LogP contribution in [0, 0.1) is 0 Å². The van der Waals surface area contributed by atoms with Crippen molar-refractivity contribution in [1.82, 2.24) is 15.1 Å². The fourth-order valence-corrected chi connectivity index (χ4v) is 2.40. The topological polar surface area (TPSA) is 35.6 Å². The smallest absolute Gasteiger partial charge is 0.240 e. The van der Waals surface area contributed by atoms with Gasteiger partial charge in [0.1, 0.15) is 6.04 Å². The van der Waals surface area contributed by atoms with Crippen LogP contribution in [0.1, 0.15) is 19.3 Å². The third-order valence-corrected chi connectivity index (χ3v) is 3.55. The second-order valence-electron chi connectivity index (χ2n) is 4.78. The van der Waals surface area contributed by atoms with Gasteiger partial charge in [0.2, 0.25) is 5.91 Å². The van der Waals surface area contributed by atoms with E-state index in [4.69, 9.17) is 0 Å². The summed E-state index contributed by atoms with van der Waals surface area (Å²) in [5.41, 5.74) is 0. The van der Waals surface area contributed by atoms with Crippen LogP contribution in [0.2, 0.25) is 0 Å². The first-order valence-electron chi connectivity index (χ1n) is 5.88. The van der Waals surface area contributed by atoms with E-state index in [1.165, 1.54) is 19.3 Å². The number of hydrogen-bond donors (Lipinski definition) is 1. The van der Waals surface area contributed by atoms with E-state index in [1.807, 2.05) is 14.1 Å². The average Bonchev–Trinajstić information content (AvgIpc) is 2.15. The number of carbonyl (C=O) groups is 1. The summed E-state index contributed by atoms with van der Waals surface area (Å²) in [6.45, 7) is 2.86. The third-order valence-electron chi connectivity index (χ3n) is 3.55. The van der Waals surface area contributed by atoms with Crippen LogP contribution < -0.4 is 5.32 Å². The number of likely N-dealkylation sites (N-methyl/N-ethyl adjacent to an activating group) is 1. The number of piperazine rings is 1. The third kappa shape index (κ3) is 2.16. The van der Waals surface area contributed by atoms with Crippen LogP contribution >= 0.6 is 0 Å². The fraction of sp³-hybridized carbons (Fsp3) is 0.909. The zero-order valence-electron chi connectivity index (χ0n) is 9.70. The van der Waals surface area contributed by atoms with Crippen LogP contribution in [0.15, 0.2) is 0 Å². The Morgan fingerprint density at radius 2 is 2.13 bits per heavy atom. The number of nitrogens with one attached hydrogen (secondary N) is 1. The summed E-state index contributed by atoms with van der Waals surface area (Å²) < 4.78 is 0. The number of amides is 1. The van der Waals surface area contributed by atoms with Crippen LogP contribution in [0.4, 0.5) is 0 Å². The van der Waals surface area contributed by atoms with Gasteiger partial charge in [-0.2, -0.15) is 0 Å². The van der Waals surface area contributed by atoms with E-state index in [0.29, 0.717) is 6.04 Å². The molecule has 4 heteroatoms. The van der Waals surface area contributed by atoms with E-state index in [9.17, 15) is 4.79 Å². The molecule has 2 aliphatic rings. The number of hydrogen-bond acceptors (Lipinski definition) is 3. The molecule has 0 spiro atoms. The molecule has 1 atom stereocenters. The molecule has 1 heterocycles. The van der Waals surface area contributed by atoms with Crippen molar-refractivity contribution in [3.05, 3.63) is 0 Å². The highest BCUT2D eigenvalue weighted by atomic mass is 16.2. The molecule has 1 N–H and O–H groups in total. The molecule has 1 saturated carbocycles. The van der Waals surface area contributed by atoms with E-state index < -0.39 is 0 Å². The van der Waals surface area contributed by atoms with Crippen molar-refractivity contribution in [2.75, 3.05) is 33.7 Å². The van der Waals surface area contributed by atoms with Crippen molar-refractivity contribution in [1.29, 1.82) is 0 Å². The van der Waals surface area contributed by atoms with Crippen LogP contribution in [0.3, 0.4) is 0 Å². The standard InChI is InChI=1S/C11H21N3O/c1-13(2)11(15)10-8-12-6-7-14(10)9-4-3-5-9/h9-10,12H,3-8H2,1-2H3. The minimum atomic E-state index is 0.0686. The van der Waals surface area contributed by atoms with Gasteiger partial charge in [-0.3, -0.25) is 9.69 Å². The lowest BCUT2D eigenvalue weighted by Crippen LogP contribution is -2.61.